The zero-order valence-corrected chi connectivity index (χ0v) is 14.7. The normalized spacial score (nSPS) is 23.0. The highest BCUT2D eigenvalue weighted by atomic mass is 79.9. The van der Waals surface area contributed by atoms with Gasteiger partial charge in [0.15, 0.2) is 0 Å². The lowest BCUT2D eigenvalue weighted by Crippen LogP contribution is -2.43. The summed E-state index contributed by atoms with van der Waals surface area (Å²) in [5.41, 5.74) is 1.87. The van der Waals surface area contributed by atoms with Gasteiger partial charge in [0.05, 0.1) is 7.11 Å². The lowest BCUT2D eigenvalue weighted by molar-refractivity contribution is -0.128. The Morgan fingerprint density at radius 3 is 2.59 bits per heavy atom. The molecule has 0 saturated carbocycles. The Bertz CT molecular complexity index is 658. The number of rotatable bonds is 3. The van der Waals surface area contributed by atoms with Gasteiger partial charge >= 0.3 is 0 Å². The molecule has 2 aliphatic rings. The van der Waals surface area contributed by atoms with Gasteiger partial charge in [-0.05, 0) is 42.4 Å². The van der Waals surface area contributed by atoms with Crippen LogP contribution in [0.2, 0.25) is 0 Å². The Hall–Kier alpha value is -1.55. The fraction of sp³-hybridized carbons (Fsp3) is 0.389. The number of allylic oxidation sites excluding steroid dienone is 3. The Morgan fingerprint density at radius 2 is 1.95 bits per heavy atom. The second kappa shape index (κ2) is 5.58. The summed E-state index contributed by atoms with van der Waals surface area (Å²) in [5, 5.41) is 0. The molecule has 0 N–H and O–H groups in total. The number of benzene rings is 1. The molecule has 0 aromatic heterocycles. The van der Waals surface area contributed by atoms with Gasteiger partial charge in [0.1, 0.15) is 5.75 Å². The van der Waals surface area contributed by atoms with Gasteiger partial charge in [0, 0.05) is 23.6 Å². The minimum absolute atomic E-state index is 0.155. The van der Waals surface area contributed by atoms with E-state index in [4.69, 9.17) is 4.74 Å². The highest BCUT2D eigenvalue weighted by Crippen LogP contribution is 2.46. The maximum absolute atomic E-state index is 12.8. The Morgan fingerprint density at radius 1 is 1.27 bits per heavy atom. The standard InChI is InChI=1S/C18H20BrNO2/c1-18(2)16-10-13(19)6-9-15(16)17(21)20(18)11-12-4-7-14(22-3)8-5-12/h4-9,16H,10-11H2,1-3H3. The smallest absolute Gasteiger partial charge is 0.250 e. The van der Waals surface area contributed by atoms with Crippen LogP contribution in [0.15, 0.2) is 46.5 Å². The second-order valence-electron chi connectivity index (χ2n) is 6.39. The molecule has 1 heterocycles. The van der Waals surface area contributed by atoms with E-state index in [1.54, 1.807) is 7.11 Å². The Kier molecular flexibility index (Phi) is 3.89. The van der Waals surface area contributed by atoms with Crippen molar-refractivity contribution in [1.82, 2.24) is 4.90 Å². The fourth-order valence-electron chi connectivity index (χ4n) is 3.31. The van der Waals surface area contributed by atoms with Crippen LogP contribution in [-0.4, -0.2) is 23.5 Å². The van der Waals surface area contributed by atoms with E-state index in [1.807, 2.05) is 41.3 Å². The number of nitrogens with zero attached hydrogens (tertiary/aromatic N) is 1. The summed E-state index contributed by atoms with van der Waals surface area (Å²) < 4.78 is 6.35. The van der Waals surface area contributed by atoms with Crippen LogP contribution < -0.4 is 4.74 Å². The van der Waals surface area contributed by atoms with Crippen LogP contribution in [-0.2, 0) is 11.3 Å². The van der Waals surface area contributed by atoms with E-state index in [0.29, 0.717) is 6.54 Å². The first kappa shape index (κ1) is 15.3. The number of carbonyl (C=O) groups is 1. The SMILES string of the molecule is COc1ccc(CN2C(=O)C3=CC=C(Br)CC3C2(C)C)cc1. The predicted molar refractivity (Wildman–Crippen MR) is 90.8 cm³/mol. The minimum atomic E-state index is -0.184. The van der Waals surface area contributed by atoms with Gasteiger partial charge in [-0.2, -0.15) is 0 Å². The van der Waals surface area contributed by atoms with Crippen molar-refractivity contribution in [3.8, 4) is 5.75 Å². The zero-order valence-electron chi connectivity index (χ0n) is 13.1. The molecule has 0 radical (unpaired) electrons. The van der Waals surface area contributed by atoms with Crippen molar-refractivity contribution in [2.24, 2.45) is 5.92 Å². The lowest BCUT2D eigenvalue weighted by atomic mass is 9.81. The average Bonchev–Trinajstić information content (AvgIpc) is 2.69. The van der Waals surface area contributed by atoms with E-state index >= 15 is 0 Å². The molecule has 1 aromatic carbocycles. The van der Waals surface area contributed by atoms with E-state index in [0.717, 1.165) is 27.8 Å². The number of carbonyl (C=O) groups excluding carboxylic acids is 1. The molecule has 1 aromatic rings. The molecule has 3 nitrogen and oxygen atoms in total. The average molecular weight is 362 g/mol. The minimum Gasteiger partial charge on any atom is -0.497 e. The topological polar surface area (TPSA) is 29.5 Å². The monoisotopic (exact) mass is 361 g/mol. The molecule has 1 amide bonds. The second-order valence-corrected chi connectivity index (χ2v) is 7.40. The van der Waals surface area contributed by atoms with Crippen LogP contribution in [0.5, 0.6) is 5.75 Å². The number of ether oxygens (including phenoxy) is 1. The summed E-state index contributed by atoms with van der Waals surface area (Å²) in [6.45, 7) is 4.94. The third kappa shape index (κ3) is 2.50. The van der Waals surface area contributed by atoms with Crippen molar-refractivity contribution >= 4 is 21.8 Å². The summed E-state index contributed by atoms with van der Waals surface area (Å²) in [6, 6.07) is 7.92. The van der Waals surface area contributed by atoms with Gasteiger partial charge < -0.3 is 9.64 Å². The zero-order chi connectivity index (χ0) is 15.9. The highest BCUT2D eigenvalue weighted by molar-refractivity contribution is 9.11. The van der Waals surface area contributed by atoms with Crippen LogP contribution in [0.3, 0.4) is 0 Å². The molecule has 0 spiro atoms. The molecule has 1 aliphatic heterocycles. The maximum atomic E-state index is 12.8. The Labute approximate surface area is 139 Å². The highest BCUT2D eigenvalue weighted by Gasteiger charge is 2.50. The molecular formula is C18H20BrNO2. The molecule has 1 atom stereocenters. The summed E-state index contributed by atoms with van der Waals surface area (Å²) in [6.07, 6.45) is 4.86. The lowest BCUT2D eigenvalue weighted by Gasteiger charge is -2.36. The number of fused-ring (bicyclic) bond motifs is 1. The number of amides is 1. The van der Waals surface area contributed by atoms with Gasteiger partial charge in [-0.25, -0.2) is 0 Å². The van der Waals surface area contributed by atoms with Crippen LogP contribution >= 0.6 is 15.9 Å². The van der Waals surface area contributed by atoms with Crippen molar-refractivity contribution in [2.75, 3.05) is 7.11 Å². The van der Waals surface area contributed by atoms with Crippen LogP contribution in [0.1, 0.15) is 25.8 Å². The number of halogens is 1. The van der Waals surface area contributed by atoms with E-state index < -0.39 is 0 Å². The summed E-state index contributed by atoms with van der Waals surface area (Å²) in [4.78, 5) is 14.8. The summed E-state index contributed by atoms with van der Waals surface area (Å²) >= 11 is 3.57. The van der Waals surface area contributed by atoms with Crippen molar-refractivity contribution in [2.45, 2.75) is 32.4 Å². The van der Waals surface area contributed by atoms with Crippen LogP contribution in [0.4, 0.5) is 0 Å². The van der Waals surface area contributed by atoms with Gasteiger partial charge in [-0.1, -0.05) is 40.2 Å². The van der Waals surface area contributed by atoms with Crippen molar-refractivity contribution in [3.05, 3.63) is 52.0 Å². The quantitative estimate of drug-likeness (QED) is 0.812. The van der Waals surface area contributed by atoms with E-state index in [1.165, 1.54) is 0 Å². The molecular weight excluding hydrogens is 342 g/mol. The van der Waals surface area contributed by atoms with Crippen LogP contribution in [0, 0.1) is 5.92 Å². The first-order valence-corrected chi connectivity index (χ1v) is 8.24. The van der Waals surface area contributed by atoms with E-state index in [9.17, 15) is 4.79 Å². The first-order chi connectivity index (χ1) is 10.4. The van der Waals surface area contributed by atoms with Gasteiger partial charge in [-0.3, -0.25) is 4.79 Å². The number of hydrogen-bond acceptors (Lipinski definition) is 2. The molecule has 0 bridgehead atoms. The number of likely N-dealkylation sites (tertiary alicyclic amines) is 1. The molecule has 1 saturated heterocycles. The van der Waals surface area contributed by atoms with Gasteiger partial charge in [-0.15, -0.1) is 0 Å². The molecule has 116 valence electrons. The number of hydrogen-bond donors (Lipinski definition) is 0. The molecule has 1 unspecified atom stereocenters. The Balaban J connectivity index is 1.86. The fourth-order valence-corrected chi connectivity index (χ4v) is 3.77. The van der Waals surface area contributed by atoms with Gasteiger partial charge in [0.2, 0.25) is 0 Å². The summed E-state index contributed by atoms with van der Waals surface area (Å²) in [5.74, 6) is 1.24. The largest absolute Gasteiger partial charge is 0.497 e. The van der Waals surface area contributed by atoms with Crippen molar-refractivity contribution < 1.29 is 9.53 Å². The third-order valence-electron chi connectivity index (χ3n) is 4.76. The van der Waals surface area contributed by atoms with E-state index in [2.05, 4.69) is 29.8 Å². The third-order valence-corrected chi connectivity index (χ3v) is 5.35. The molecule has 1 aliphatic carbocycles. The predicted octanol–water partition coefficient (Wildman–Crippen LogP) is 4.04. The molecule has 1 fully saturated rings. The molecule has 4 heteroatoms. The molecule has 22 heavy (non-hydrogen) atoms. The van der Waals surface area contributed by atoms with Crippen molar-refractivity contribution in [3.63, 3.8) is 0 Å². The first-order valence-electron chi connectivity index (χ1n) is 7.44. The molecule has 3 rings (SSSR count). The van der Waals surface area contributed by atoms with Crippen molar-refractivity contribution in [1.29, 1.82) is 0 Å². The maximum Gasteiger partial charge on any atom is 0.250 e. The van der Waals surface area contributed by atoms with Crippen LogP contribution in [0.25, 0.3) is 0 Å². The summed E-state index contributed by atoms with van der Waals surface area (Å²) in [7, 11) is 1.66. The number of methoxy groups -OCH3 is 1. The van der Waals surface area contributed by atoms with Gasteiger partial charge in [0.25, 0.3) is 5.91 Å². The van der Waals surface area contributed by atoms with E-state index in [-0.39, 0.29) is 17.4 Å².